The maximum Gasteiger partial charge on any atom is 0.227 e. The van der Waals surface area contributed by atoms with Gasteiger partial charge in [-0.2, -0.15) is 0 Å². The number of thiol groups is 1. The van der Waals surface area contributed by atoms with E-state index in [9.17, 15) is 14.4 Å². The fraction of sp³-hybridized carbons (Fsp3) is 0.567. The number of nitrogens with one attached hydrogen (secondary N) is 1. The molecule has 0 aliphatic rings. The molecule has 0 saturated carbocycles. The highest BCUT2D eigenvalue weighted by molar-refractivity contribution is 7.80. The van der Waals surface area contributed by atoms with Crippen molar-refractivity contribution in [1.82, 2.24) is 0 Å². The standard InChI is InChI=1S/C30H43NO5S/c1-18(26(33)19(2)35-29(6,7)8)30(9,10)36-22(27(34)28(3,4)5)17-24(32)31-21-15-11-13-20-14-12-16-23(37)25(20)21/h11-16,18-19,22,37H,17H2,1-10H3,(H,31,32). The number of anilines is 1. The summed E-state index contributed by atoms with van der Waals surface area (Å²) in [5, 5.41) is 4.71. The molecular formula is C30H43NO5S. The Morgan fingerprint density at radius 1 is 0.892 bits per heavy atom. The van der Waals surface area contributed by atoms with Crippen LogP contribution in [-0.2, 0) is 23.9 Å². The van der Waals surface area contributed by atoms with Gasteiger partial charge >= 0.3 is 0 Å². The Morgan fingerprint density at radius 2 is 1.46 bits per heavy atom. The second kappa shape index (κ2) is 11.7. The highest BCUT2D eigenvalue weighted by atomic mass is 32.1. The summed E-state index contributed by atoms with van der Waals surface area (Å²) in [7, 11) is 0. The number of carbonyl (C=O) groups is 3. The molecule has 2 aromatic carbocycles. The molecule has 0 fully saturated rings. The summed E-state index contributed by atoms with van der Waals surface area (Å²) < 4.78 is 12.2. The number of benzene rings is 2. The molecule has 2 rings (SSSR count). The number of hydrogen-bond donors (Lipinski definition) is 2. The van der Waals surface area contributed by atoms with Crippen molar-refractivity contribution < 1.29 is 23.9 Å². The molecule has 0 aliphatic carbocycles. The molecule has 0 spiro atoms. The summed E-state index contributed by atoms with van der Waals surface area (Å²) in [5.74, 6) is -1.26. The molecule has 3 atom stereocenters. The summed E-state index contributed by atoms with van der Waals surface area (Å²) in [4.78, 5) is 40.5. The van der Waals surface area contributed by atoms with Gasteiger partial charge in [-0.25, -0.2) is 0 Å². The lowest BCUT2D eigenvalue weighted by Gasteiger charge is -2.37. The highest BCUT2D eigenvalue weighted by Gasteiger charge is 2.41. The van der Waals surface area contributed by atoms with Crippen molar-refractivity contribution in [3.05, 3.63) is 36.4 Å². The van der Waals surface area contributed by atoms with Gasteiger partial charge in [-0.1, -0.05) is 52.0 Å². The fourth-order valence-electron chi connectivity index (χ4n) is 4.22. The van der Waals surface area contributed by atoms with Gasteiger partial charge in [0.1, 0.15) is 12.2 Å². The topological polar surface area (TPSA) is 81.7 Å². The Morgan fingerprint density at radius 3 is 2.00 bits per heavy atom. The molecule has 6 nitrogen and oxygen atoms in total. The lowest BCUT2D eigenvalue weighted by atomic mass is 9.83. The van der Waals surface area contributed by atoms with Crippen molar-refractivity contribution in [2.45, 2.75) is 104 Å². The van der Waals surface area contributed by atoms with E-state index in [1.165, 1.54) is 0 Å². The van der Waals surface area contributed by atoms with Gasteiger partial charge in [0.25, 0.3) is 0 Å². The third-order valence-electron chi connectivity index (χ3n) is 6.41. The predicted octanol–water partition coefficient (Wildman–Crippen LogP) is 6.64. The second-order valence-corrected chi connectivity index (χ2v) is 12.7. The van der Waals surface area contributed by atoms with Crippen molar-refractivity contribution in [2.75, 3.05) is 5.32 Å². The molecule has 37 heavy (non-hydrogen) atoms. The Balaban J connectivity index is 2.28. The summed E-state index contributed by atoms with van der Waals surface area (Å²) in [6.45, 7) is 18.1. The normalized spacial score (nSPS) is 15.2. The Hall–Kier alpha value is -2.22. The van der Waals surface area contributed by atoms with Gasteiger partial charge in [-0.3, -0.25) is 14.4 Å². The van der Waals surface area contributed by atoms with E-state index in [1.807, 2.05) is 57.2 Å². The van der Waals surface area contributed by atoms with E-state index in [1.54, 1.807) is 48.5 Å². The minimum Gasteiger partial charge on any atom is -0.365 e. The maximum absolute atomic E-state index is 13.4. The van der Waals surface area contributed by atoms with E-state index < -0.39 is 34.7 Å². The summed E-state index contributed by atoms with van der Waals surface area (Å²) in [5.41, 5.74) is -1.62. The lowest BCUT2D eigenvalue weighted by Crippen LogP contribution is -2.48. The Labute approximate surface area is 227 Å². The molecule has 0 radical (unpaired) electrons. The van der Waals surface area contributed by atoms with E-state index in [0.717, 1.165) is 15.7 Å². The van der Waals surface area contributed by atoms with E-state index in [-0.39, 0.29) is 23.9 Å². The van der Waals surface area contributed by atoms with Crippen molar-refractivity contribution in [1.29, 1.82) is 0 Å². The van der Waals surface area contributed by atoms with Crippen molar-refractivity contribution in [2.24, 2.45) is 11.3 Å². The number of rotatable bonds is 10. The third kappa shape index (κ3) is 8.39. The molecule has 2 aromatic rings. The van der Waals surface area contributed by atoms with Gasteiger partial charge in [0.05, 0.1) is 17.6 Å². The molecule has 0 aliphatic heterocycles. The van der Waals surface area contributed by atoms with Crippen LogP contribution in [0.4, 0.5) is 5.69 Å². The second-order valence-electron chi connectivity index (χ2n) is 12.3. The quantitative estimate of drug-likeness (QED) is 0.337. The Kier molecular flexibility index (Phi) is 9.77. The number of fused-ring (bicyclic) bond motifs is 1. The molecular weight excluding hydrogens is 486 g/mol. The minimum atomic E-state index is -1.03. The van der Waals surface area contributed by atoms with Crippen LogP contribution < -0.4 is 5.32 Å². The van der Waals surface area contributed by atoms with Crippen LogP contribution in [0.15, 0.2) is 41.3 Å². The zero-order valence-corrected chi connectivity index (χ0v) is 24.8. The molecule has 1 amide bonds. The first kappa shape index (κ1) is 31.0. The molecule has 7 heteroatoms. The third-order valence-corrected chi connectivity index (χ3v) is 6.78. The first-order valence-electron chi connectivity index (χ1n) is 12.8. The van der Waals surface area contributed by atoms with Gasteiger partial charge < -0.3 is 14.8 Å². The number of ketones is 2. The van der Waals surface area contributed by atoms with Crippen LogP contribution >= 0.6 is 12.6 Å². The minimum absolute atomic E-state index is 0.122. The van der Waals surface area contributed by atoms with Crippen molar-refractivity contribution >= 4 is 46.6 Å². The lowest BCUT2D eigenvalue weighted by molar-refractivity contribution is -0.168. The molecule has 204 valence electrons. The molecule has 0 saturated heterocycles. The molecule has 3 unspecified atom stereocenters. The van der Waals surface area contributed by atoms with Crippen LogP contribution in [0.1, 0.15) is 75.7 Å². The highest BCUT2D eigenvalue weighted by Crippen LogP contribution is 2.32. The predicted molar refractivity (Wildman–Crippen MR) is 152 cm³/mol. The average molecular weight is 530 g/mol. The zero-order chi connectivity index (χ0) is 28.3. The monoisotopic (exact) mass is 529 g/mol. The van der Waals surface area contributed by atoms with Crippen LogP contribution in [0.25, 0.3) is 10.8 Å². The largest absolute Gasteiger partial charge is 0.365 e. The number of amides is 1. The first-order chi connectivity index (χ1) is 16.8. The van der Waals surface area contributed by atoms with Gasteiger partial charge in [-0.15, -0.1) is 12.6 Å². The molecule has 0 heterocycles. The van der Waals surface area contributed by atoms with Crippen molar-refractivity contribution in [3.8, 4) is 0 Å². The molecule has 0 bridgehead atoms. The SMILES string of the molecule is CC(OC(C)(C)C)C(=O)C(C)C(C)(C)OC(CC(=O)Nc1cccc2cccc(S)c12)C(=O)C(C)(C)C. The van der Waals surface area contributed by atoms with E-state index in [2.05, 4.69) is 17.9 Å². The number of ether oxygens (including phenoxy) is 2. The van der Waals surface area contributed by atoms with E-state index >= 15 is 0 Å². The zero-order valence-electron chi connectivity index (χ0n) is 23.9. The van der Waals surface area contributed by atoms with Crippen LogP contribution in [0.5, 0.6) is 0 Å². The van der Waals surface area contributed by atoms with Crippen LogP contribution in [-0.4, -0.2) is 40.9 Å². The van der Waals surface area contributed by atoms with Gasteiger partial charge in [0, 0.05) is 27.3 Å². The Bertz CT molecular complexity index is 1140. The summed E-state index contributed by atoms with van der Waals surface area (Å²) in [6, 6.07) is 11.3. The molecule has 1 N–H and O–H groups in total. The average Bonchev–Trinajstić information content (AvgIpc) is 2.75. The first-order valence-corrected chi connectivity index (χ1v) is 13.2. The number of carbonyl (C=O) groups excluding carboxylic acids is 3. The van der Waals surface area contributed by atoms with Crippen molar-refractivity contribution in [3.63, 3.8) is 0 Å². The number of hydrogen-bond acceptors (Lipinski definition) is 6. The molecule has 0 aromatic heterocycles. The fourth-order valence-corrected chi connectivity index (χ4v) is 4.55. The van der Waals surface area contributed by atoms with Gasteiger partial charge in [0.15, 0.2) is 11.6 Å². The van der Waals surface area contributed by atoms with Crippen LogP contribution in [0, 0.1) is 11.3 Å². The van der Waals surface area contributed by atoms with E-state index in [0.29, 0.717) is 5.69 Å². The van der Waals surface area contributed by atoms with Crippen LogP contribution in [0.2, 0.25) is 0 Å². The van der Waals surface area contributed by atoms with Gasteiger partial charge in [0.2, 0.25) is 5.91 Å². The van der Waals surface area contributed by atoms with Gasteiger partial charge in [-0.05, 0) is 59.1 Å². The maximum atomic E-state index is 13.4. The number of Topliss-reactive ketones (excluding diaryl/α,β-unsaturated/α-hetero) is 2. The summed E-state index contributed by atoms with van der Waals surface area (Å²) >= 11 is 4.55. The summed E-state index contributed by atoms with van der Waals surface area (Å²) in [6.07, 6.45) is -1.85. The smallest absolute Gasteiger partial charge is 0.227 e. The van der Waals surface area contributed by atoms with Crippen LogP contribution in [0.3, 0.4) is 0 Å². The van der Waals surface area contributed by atoms with E-state index in [4.69, 9.17) is 9.47 Å².